The summed E-state index contributed by atoms with van der Waals surface area (Å²) >= 11 is 0. The summed E-state index contributed by atoms with van der Waals surface area (Å²) in [7, 11) is 0. The number of morpholine rings is 1. The molecule has 0 saturated carbocycles. The molecule has 14 heavy (non-hydrogen) atoms. The van der Waals surface area contributed by atoms with Gasteiger partial charge in [0.05, 0.1) is 12.7 Å². The molecule has 1 N–H and O–H groups in total. The van der Waals surface area contributed by atoms with E-state index in [1.807, 2.05) is 0 Å². The highest BCUT2D eigenvalue weighted by molar-refractivity contribution is 4.83. The molecule has 2 rings (SSSR count). The fourth-order valence-corrected chi connectivity index (χ4v) is 2.58. The molecule has 0 spiro atoms. The third-order valence-corrected chi connectivity index (χ3v) is 3.34. The fraction of sp³-hybridized carbons (Fsp3) is 1.00. The number of ether oxygens (including phenoxy) is 1. The number of nitrogens with zero attached hydrogens (tertiary/aromatic N) is 1. The third kappa shape index (κ3) is 2.47. The summed E-state index contributed by atoms with van der Waals surface area (Å²) in [4.78, 5) is 2.59. The Morgan fingerprint density at radius 2 is 2.14 bits per heavy atom. The number of hydrogen-bond acceptors (Lipinski definition) is 3. The van der Waals surface area contributed by atoms with Crippen molar-refractivity contribution in [3.05, 3.63) is 0 Å². The van der Waals surface area contributed by atoms with Crippen LogP contribution in [0.1, 0.15) is 20.3 Å². The van der Waals surface area contributed by atoms with Crippen LogP contribution in [0.25, 0.3) is 0 Å². The summed E-state index contributed by atoms with van der Waals surface area (Å²) < 4.78 is 5.56. The molecule has 0 aromatic rings. The lowest BCUT2D eigenvalue weighted by Gasteiger charge is -2.40. The minimum Gasteiger partial charge on any atom is -0.376 e. The van der Waals surface area contributed by atoms with Crippen molar-refractivity contribution < 1.29 is 4.74 Å². The van der Waals surface area contributed by atoms with Gasteiger partial charge in [0.15, 0.2) is 0 Å². The van der Waals surface area contributed by atoms with Gasteiger partial charge < -0.3 is 10.1 Å². The van der Waals surface area contributed by atoms with E-state index in [2.05, 4.69) is 24.1 Å². The van der Waals surface area contributed by atoms with E-state index in [0.29, 0.717) is 6.10 Å². The molecule has 3 heteroatoms. The van der Waals surface area contributed by atoms with Crippen molar-refractivity contribution in [2.24, 2.45) is 5.92 Å². The van der Waals surface area contributed by atoms with Gasteiger partial charge in [-0.15, -0.1) is 0 Å². The Hall–Kier alpha value is -0.120. The van der Waals surface area contributed by atoms with Crippen LogP contribution in [0.2, 0.25) is 0 Å². The van der Waals surface area contributed by atoms with Crippen LogP contribution < -0.4 is 5.32 Å². The normalized spacial score (nSPS) is 41.1. The van der Waals surface area contributed by atoms with E-state index in [-0.39, 0.29) is 0 Å². The van der Waals surface area contributed by atoms with Gasteiger partial charge in [0.2, 0.25) is 0 Å². The van der Waals surface area contributed by atoms with E-state index in [1.165, 1.54) is 13.0 Å². The number of hydrogen-bond donors (Lipinski definition) is 1. The molecule has 0 bridgehead atoms. The summed E-state index contributed by atoms with van der Waals surface area (Å²) in [6.45, 7) is 10.00. The van der Waals surface area contributed by atoms with Crippen molar-refractivity contribution in [2.75, 3.05) is 32.8 Å². The van der Waals surface area contributed by atoms with E-state index in [9.17, 15) is 0 Å². The van der Waals surface area contributed by atoms with E-state index in [1.54, 1.807) is 0 Å². The highest BCUT2D eigenvalue weighted by atomic mass is 16.5. The Kier molecular flexibility index (Phi) is 3.42. The molecule has 0 aromatic carbocycles. The zero-order chi connectivity index (χ0) is 9.97. The fourth-order valence-electron chi connectivity index (χ4n) is 2.58. The Labute approximate surface area is 86.8 Å². The molecule has 0 aromatic heterocycles. The SMILES string of the molecule is CC1CNCC(N2CCOC(C)C2)C1. The molecular weight excluding hydrogens is 176 g/mol. The lowest BCUT2D eigenvalue weighted by atomic mass is 9.96. The first-order chi connectivity index (χ1) is 6.75. The van der Waals surface area contributed by atoms with Crippen molar-refractivity contribution in [1.29, 1.82) is 0 Å². The van der Waals surface area contributed by atoms with Crippen LogP contribution in [0.5, 0.6) is 0 Å². The maximum absolute atomic E-state index is 5.56. The van der Waals surface area contributed by atoms with Crippen LogP contribution in [0, 0.1) is 5.92 Å². The molecule has 2 heterocycles. The first kappa shape index (κ1) is 10.4. The second-order valence-electron chi connectivity index (χ2n) is 4.83. The molecule has 0 radical (unpaired) electrons. The molecule has 0 amide bonds. The van der Waals surface area contributed by atoms with Gasteiger partial charge in [-0.05, 0) is 25.8 Å². The average molecular weight is 198 g/mol. The topological polar surface area (TPSA) is 24.5 Å². The van der Waals surface area contributed by atoms with Crippen LogP contribution in [0.4, 0.5) is 0 Å². The summed E-state index contributed by atoms with van der Waals surface area (Å²) in [6.07, 6.45) is 1.76. The van der Waals surface area contributed by atoms with E-state index in [4.69, 9.17) is 4.74 Å². The summed E-state index contributed by atoms with van der Waals surface area (Å²) in [5.74, 6) is 0.826. The number of rotatable bonds is 1. The highest BCUT2D eigenvalue weighted by Crippen LogP contribution is 2.17. The standard InChI is InChI=1S/C11H22N2O/c1-9-5-11(7-12-6-9)13-3-4-14-10(2)8-13/h9-12H,3-8H2,1-2H3. The molecule has 3 nitrogen and oxygen atoms in total. The number of nitrogens with one attached hydrogen (secondary N) is 1. The molecule has 2 aliphatic heterocycles. The van der Waals surface area contributed by atoms with Gasteiger partial charge in [0.25, 0.3) is 0 Å². The van der Waals surface area contributed by atoms with Crippen molar-refractivity contribution >= 4 is 0 Å². The molecule has 0 aliphatic carbocycles. The summed E-state index contributed by atoms with van der Waals surface area (Å²) in [5, 5.41) is 3.51. The zero-order valence-corrected chi connectivity index (χ0v) is 9.33. The van der Waals surface area contributed by atoms with Crippen LogP contribution in [-0.2, 0) is 4.74 Å². The van der Waals surface area contributed by atoms with Crippen molar-refractivity contribution in [3.63, 3.8) is 0 Å². The average Bonchev–Trinajstić information content (AvgIpc) is 2.18. The molecule has 3 unspecified atom stereocenters. The van der Waals surface area contributed by atoms with Gasteiger partial charge in [-0.3, -0.25) is 4.90 Å². The second kappa shape index (κ2) is 4.60. The smallest absolute Gasteiger partial charge is 0.0674 e. The van der Waals surface area contributed by atoms with Crippen molar-refractivity contribution in [3.8, 4) is 0 Å². The predicted octanol–water partition coefficient (Wildman–Crippen LogP) is 0.705. The van der Waals surface area contributed by atoms with Gasteiger partial charge >= 0.3 is 0 Å². The van der Waals surface area contributed by atoms with Crippen LogP contribution >= 0.6 is 0 Å². The largest absolute Gasteiger partial charge is 0.376 e. The lowest BCUT2D eigenvalue weighted by Crippen LogP contribution is -2.53. The maximum Gasteiger partial charge on any atom is 0.0674 e. The first-order valence-corrected chi connectivity index (χ1v) is 5.82. The van der Waals surface area contributed by atoms with Gasteiger partial charge in [-0.25, -0.2) is 0 Å². The highest BCUT2D eigenvalue weighted by Gasteiger charge is 2.27. The molecule has 2 saturated heterocycles. The molecule has 82 valence electrons. The van der Waals surface area contributed by atoms with Gasteiger partial charge in [0, 0.05) is 25.7 Å². The molecular formula is C11H22N2O. The molecule has 2 aliphatic rings. The second-order valence-corrected chi connectivity index (χ2v) is 4.83. The third-order valence-electron chi connectivity index (χ3n) is 3.34. The lowest BCUT2D eigenvalue weighted by molar-refractivity contribution is -0.0396. The van der Waals surface area contributed by atoms with Crippen LogP contribution in [-0.4, -0.2) is 49.8 Å². The minimum absolute atomic E-state index is 0.418. The van der Waals surface area contributed by atoms with E-state index >= 15 is 0 Å². The Balaban J connectivity index is 1.86. The quantitative estimate of drug-likeness (QED) is 0.671. The Morgan fingerprint density at radius 3 is 2.86 bits per heavy atom. The van der Waals surface area contributed by atoms with Gasteiger partial charge in [-0.2, -0.15) is 0 Å². The minimum atomic E-state index is 0.418. The predicted molar refractivity (Wildman–Crippen MR) is 57.4 cm³/mol. The van der Waals surface area contributed by atoms with E-state index in [0.717, 1.165) is 38.2 Å². The number of piperidine rings is 1. The monoisotopic (exact) mass is 198 g/mol. The summed E-state index contributed by atoms with van der Waals surface area (Å²) in [5.41, 5.74) is 0. The maximum atomic E-state index is 5.56. The van der Waals surface area contributed by atoms with Gasteiger partial charge in [-0.1, -0.05) is 6.92 Å². The van der Waals surface area contributed by atoms with Gasteiger partial charge in [0.1, 0.15) is 0 Å². The first-order valence-electron chi connectivity index (χ1n) is 5.82. The van der Waals surface area contributed by atoms with Crippen molar-refractivity contribution in [2.45, 2.75) is 32.4 Å². The Morgan fingerprint density at radius 1 is 1.29 bits per heavy atom. The zero-order valence-electron chi connectivity index (χ0n) is 9.33. The van der Waals surface area contributed by atoms with Crippen LogP contribution in [0.15, 0.2) is 0 Å². The van der Waals surface area contributed by atoms with Crippen LogP contribution in [0.3, 0.4) is 0 Å². The molecule has 3 atom stereocenters. The summed E-state index contributed by atoms with van der Waals surface area (Å²) in [6, 6.07) is 0.741. The Bertz CT molecular complexity index is 166. The van der Waals surface area contributed by atoms with E-state index < -0.39 is 0 Å². The van der Waals surface area contributed by atoms with Crippen molar-refractivity contribution in [1.82, 2.24) is 10.2 Å². The molecule has 2 fully saturated rings.